The number of nitrogens with one attached hydrogen (secondary N) is 1. The van der Waals surface area contributed by atoms with Crippen molar-refractivity contribution in [2.75, 3.05) is 13.1 Å². The topological polar surface area (TPSA) is 62.6 Å². The zero-order chi connectivity index (χ0) is 17.2. The first-order valence-corrected chi connectivity index (χ1v) is 9.83. The Balaban J connectivity index is 1.33. The number of furan rings is 1. The van der Waals surface area contributed by atoms with Crippen LogP contribution < -0.4 is 5.32 Å². The monoisotopic (exact) mass is 358 g/mol. The molecule has 1 N–H and O–H groups in total. The minimum absolute atomic E-state index is 0.0511. The van der Waals surface area contributed by atoms with Gasteiger partial charge >= 0.3 is 0 Å². The lowest BCUT2D eigenvalue weighted by atomic mass is 9.95. The van der Waals surface area contributed by atoms with Gasteiger partial charge in [0.05, 0.1) is 11.8 Å². The Labute approximate surface area is 151 Å². The van der Waals surface area contributed by atoms with Crippen molar-refractivity contribution < 1.29 is 14.0 Å². The lowest BCUT2D eigenvalue weighted by molar-refractivity contribution is 0.0667. The van der Waals surface area contributed by atoms with Gasteiger partial charge in [-0.15, -0.1) is 11.3 Å². The Morgan fingerprint density at radius 1 is 1.20 bits per heavy atom. The van der Waals surface area contributed by atoms with Crippen molar-refractivity contribution >= 4 is 23.2 Å². The molecule has 1 aliphatic carbocycles. The summed E-state index contributed by atoms with van der Waals surface area (Å²) in [5.41, 5.74) is 2.13. The summed E-state index contributed by atoms with van der Waals surface area (Å²) in [4.78, 5) is 28.1. The maximum absolute atomic E-state index is 12.6. The van der Waals surface area contributed by atoms with Crippen LogP contribution in [-0.2, 0) is 12.8 Å². The predicted octanol–water partition coefficient (Wildman–Crippen LogP) is 3.25. The molecule has 2 aromatic heterocycles. The zero-order valence-corrected chi connectivity index (χ0v) is 14.9. The van der Waals surface area contributed by atoms with E-state index in [2.05, 4.69) is 5.32 Å². The fourth-order valence-electron chi connectivity index (χ4n) is 3.73. The molecule has 1 saturated heterocycles. The molecule has 4 rings (SSSR count). The molecule has 2 aromatic rings. The molecule has 0 spiro atoms. The fourth-order valence-corrected chi connectivity index (χ4v) is 4.86. The van der Waals surface area contributed by atoms with E-state index < -0.39 is 0 Å². The highest BCUT2D eigenvalue weighted by molar-refractivity contribution is 7.10. The first-order chi connectivity index (χ1) is 12.2. The van der Waals surface area contributed by atoms with Crippen LogP contribution in [-0.4, -0.2) is 35.8 Å². The molecule has 5 nitrogen and oxygen atoms in total. The first kappa shape index (κ1) is 16.4. The Kier molecular flexibility index (Phi) is 4.61. The summed E-state index contributed by atoms with van der Waals surface area (Å²) in [6, 6.07) is 3.55. The second-order valence-corrected chi connectivity index (χ2v) is 7.74. The van der Waals surface area contributed by atoms with E-state index in [-0.39, 0.29) is 17.9 Å². The molecule has 2 aliphatic rings. The molecule has 0 radical (unpaired) electrons. The van der Waals surface area contributed by atoms with Crippen molar-refractivity contribution in [3.05, 3.63) is 45.5 Å². The van der Waals surface area contributed by atoms with E-state index >= 15 is 0 Å². The highest BCUT2D eigenvalue weighted by Crippen LogP contribution is 2.30. The van der Waals surface area contributed by atoms with Crippen molar-refractivity contribution in [1.82, 2.24) is 10.2 Å². The van der Waals surface area contributed by atoms with Gasteiger partial charge in [-0.2, -0.15) is 0 Å². The summed E-state index contributed by atoms with van der Waals surface area (Å²) in [7, 11) is 0. The third-order valence-corrected chi connectivity index (χ3v) is 6.24. The number of piperidine rings is 1. The number of carbonyl (C=O) groups is 2. The number of carbonyl (C=O) groups excluding carboxylic acids is 2. The largest absolute Gasteiger partial charge is 0.459 e. The lowest BCUT2D eigenvalue weighted by Gasteiger charge is -2.32. The van der Waals surface area contributed by atoms with Crippen molar-refractivity contribution in [3.8, 4) is 0 Å². The normalized spacial score (nSPS) is 18.0. The molecule has 1 aliphatic heterocycles. The highest BCUT2D eigenvalue weighted by atomic mass is 32.1. The zero-order valence-electron chi connectivity index (χ0n) is 14.1. The maximum Gasteiger partial charge on any atom is 0.289 e. The summed E-state index contributed by atoms with van der Waals surface area (Å²) >= 11 is 1.72. The number of amides is 2. The molecule has 132 valence electrons. The summed E-state index contributed by atoms with van der Waals surface area (Å²) in [5, 5.41) is 5.19. The number of likely N-dealkylation sites (tertiary alicyclic amines) is 1. The predicted molar refractivity (Wildman–Crippen MR) is 96.1 cm³/mol. The van der Waals surface area contributed by atoms with Gasteiger partial charge in [0.2, 0.25) is 0 Å². The number of fused-ring (bicyclic) bond motifs is 1. The van der Waals surface area contributed by atoms with Gasteiger partial charge in [-0.1, -0.05) is 0 Å². The number of hydrogen-bond acceptors (Lipinski definition) is 4. The summed E-state index contributed by atoms with van der Waals surface area (Å²) in [5.74, 6) is 0.365. The average molecular weight is 358 g/mol. The summed E-state index contributed by atoms with van der Waals surface area (Å²) in [6.07, 6.45) is 7.63. The van der Waals surface area contributed by atoms with Crippen LogP contribution >= 0.6 is 11.3 Å². The molecule has 6 heteroatoms. The Hall–Kier alpha value is -2.08. The van der Waals surface area contributed by atoms with Crippen LogP contribution in [0.5, 0.6) is 0 Å². The smallest absolute Gasteiger partial charge is 0.289 e. The molecule has 0 unspecified atom stereocenters. The van der Waals surface area contributed by atoms with E-state index in [1.807, 2.05) is 5.38 Å². The number of hydrogen-bond donors (Lipinski definition) is 1. The van der Waals surface area contributed by atoms with Crippen LogP contribution in [0.25, 0.3) is 0 Å². The number of nitrogens with zero attached hydrogens (tertiary/aromatic N) is 1. The standard InChI is InChI=1S/C19H22N2O3S/c22-18(15-12-25-17-6-2-1-4-14(15)17)20-13-7-9-21(10-8-13)19(23)16-5-3-11-24-16/h3,5,11-13H,1-2,4,6-10H2,(H,20,22). The minimum Gasteiger partial charge on any atom is -0.459 e. The molecule has 25 heavy (non-hydrogen) atoms. The molecule has 0 aromatic carbocycles. The Morgan fingerprint density at radius 3 is 2.76 bits per heavy atom. The molecule has 0 bridgehead atoms. The van der Waals surface area contributed by atoms with Gasteiger partial charge < -0.3 is 14.6 Å². The van der Waals surface area contributed by atoms with Gasteiger partial charge in [-0.25, -0.2) is 0 Å². The molecular weight excluding hydrogens is 336 g/mol. The van der Waals surface area contributed by atoms with E-state index in [4.69, 9.17) is 4.42 Å². The second kappa shape index (κ2) is 7.04. The SMILES string of the molecule is O=C(NC1CCN(C(=O)c2ccco2)CC1)c1csc2c1CCCC2. The lowest BCUT2D eigenvalue weighted by Crippen LogP contribution is -2.46. The average Bonchev–Trinajstić information content (AvgIpc) is 3.31. The molecular formula is C19H22N2O3S. The van der Waals surface area contributed by atoms with Gasteiger partial charge in [0.25, 0.3) is 11.8 Å². The van der Waals surface area contributed by atoms with E-state index in [1.54, 1.807) is 28.4 Å². The molecule has 2 amide bonds. The third-order valence-electron chi connectivity index (χ3n) is 5.16. The second-order valence-electron chi connectivity index (χ2n) is 6.78. The van der Waals surface area contributed by atoms with Gasteiger partial charge in [0, 0.05) is 29.4 Å². The van der Waals surface area contributed by atoms with E-state index in [0.29, 0.717) is 18.8 Å². The van der Waals surface area contributed by atoms with Crippen LogP contribution in [0.1, 0.15) is 57.0 Å². The van der Waals surface area contributed by atoms with Crippen molar-refractivity contribution in [3.63, 3.8) is 0 Å². The van der Waals surface area contributed by atoms with E-state index in [0.717, 1.165) is 31.2 Å². The van der Waals surface area contributed by atoms with Crippen LogP contribution in [0.2, 0.25) is 0 Å². The first-order valence-electron chi connectivity index (χ1n) is 8.95. The van der Waals surface area contributed by atoms with Crippen LogP contribution in [0.4, 0.5) is 0 Å². The molecule has 3 heterocycles. The quantitative estimate of drug-likeness (QED) is 0.916. The van der Waals surface area contributed by atoms with Crippen molar-refractivity contribution in [2.24, 2.45) is 0 Å². The number of aryl methyl sites for hydroxylation is 1. The third kappa shape index (κ3) is 3.35. The molecule has 0 saturated carbocycles. The van der Waals surface area contributed by atoms with Gasteiger partial charge in [-0.3, -0.25) is 9.59 Å². The fraction of sp³-hybridized carbons (Fsp3) is 0.474. The van der Waals surface area contributed by atoms with E-state index in [1.165, 1.54) is 29.5 Å². The van der Waals surface area contributed by atoms with Gasteiger partial charge in [0.15, 0.2) is 5.76 Å². The van der Waals surface area contributed by atoms with E-state index in [9.17, 15) is 9.59 Å². The van der Waals surface area contributed by atoms with Crippen molar-refractivity contribution in [1.29, 1.82) is 0 Å². The number of thiophene rings is 1. The van der Waals surface area contributed by atoms with Gasteiger partial charge in [0.1, 0.15) is 0 Å². The van der Waals surface area contributed by atoms with Crippen molar-refractivity contribution in [2.45, 2.75) is 44.6 Å². The van der Waals surface area contributed by atoms with Crippen LogP contribution in [0.15, 0.2) is 28.2 Å². The molecule has 1 fully saturated rings. The number of rotatable bonds is 3. The van der Waals surface area contributed by atoms with Crippen LogP contribution in [0.3, 0.4) is 0 Å². The summed E-state index contributed by atoms with van der Waals surface area (Å²) < 4.78 is 5.18. The van der Waals surface area contributed by atoms with Crippen LogP contribution in [0, 0.1) is 0 Å². The summed E-state index contributed by atoms with van der Waals surface area (Å²) in [6.45, 7) is 1.29. The Bertz CT molecular complexity index is 758. The minimum atomic E-state index is -0.0679. The Morgan fingerprint density at radius 2 is 2.00 bits per heavy atom. The highest BCUT2D eigenvalue weighted by Gasteiger charge is 2.27. The molecule has 0 atom stereocenters. The van der Waals surface area contributed by atoms with Gasteiger partial charge in [-0.05, 0) is 56.2 Å². The maximum atomic E-state index is 12.6.